The first-order valence-corrected chi connectivity index (χ1v) is 7.79. The van der Waals surface area contributed by atoms with Crippen LogP contribution in [0.2, 0.25) is 5.02 Å². The second-order valence-corrected chi connectivity index (χ2v) is 5.56. The lowest BCUT2D eigenvalue weighted by Crippen LogP contribution is -2.32. The van der Waals surface area contributed by atoms with Gasteiger partial charge in [0.1, 0.15) is 12.4 Å². The molecule has 1 N–H and O–H groups in total. The molecule has 0 aliphatic carbocycles. The van der Waals surface area contributed by atoms with Gasteiger partial charge in [-0.05, 0) is 30.3 Å². The van der Waals surface area contributed by atoms with Crippen molar-refractivity contribution in [3.8, 4) is 5.75 Å². The number of halogens is 1. The average Bonchev–Trinajstić information content (AvgIpc) is 2.61. The van der Waals surface area contributed by atoms with Crippen LogP contribution in [0.5, 0.6) is 5.75 Å². The summed E-state index contributed by atoms with van der Waals surface area (Å²) in [4.78, 5) is 27.2. The summed E-state index contributed by atoms with van der Waals surface area (Å²) in [5.41, 5.74) is -0.141. The number of H-pyrrole nitrogens is 1. The van der Waals surface area contributed by atoms with Crippen molar-refractivity contribution in [1.29, 1.82) is 0 Å². The van der Waals surface area contributed by atoms with Crippen molar-refractivity contribution in [2.75, 3.05) is 6.61 Å². The summed E-state index contributed by atoms with van der Waals surface area (Å²) in [6.45, 7) is 3.90. The van der Waals surface area contributed by atoms with Gasteiger partial charge in [0.15, 0.2) is 0 Å². The second kappa shape index (κ2) is 7.19. The van der Waals surface area contributed by atoms with Gasteiger partial charge in [0.2, 0.25) is 0 Å². The van der Waals surface area contributed by atoms with Crippen LogP contribution in [0.15, 0.2) is 69.8 Å². The van der Waals surface area contributed by atoms with Crippen LogP contribution in [0.3, 0.4) is 0 Å². The lowest BCUT2D eigenvalue weighted by molar-refractivity contribution is 0.362. The van der Waals surface area contributed by atoms with E-state index in [1.165, 1.54) is 6.21 Å². The molecule has 0 saturated heterocycles. The van der Waals surface area contributed by atoms with Crippen LogP contribution in [-0.2, 0) is 0 Å². The van der Waals surface area contributed by atoms with Gasteiger partial charge in [-0.1, -0.05) is 36.4 Å². The van der Waals surface area contributed by atoms with Gasteiger partial charge >= 0.3 is 5.69 Å². The molecule has 2 aromatic carbocycles. The van der Waals surface area contributed by atoms with Crippen molar-refractivity contribution in [2.24, 2.45) is 5.10 Å². The fraction of sp³-hybridized carbons (Fsp3) is 0.0556. The minimum Gasteiger partial charge on any atom is -0.489 e. The molecule has 0 spiro atoms. The summed E-state index contributed by atoms with van der Waals surface area (Å²) in [7, 11) is 0. The first-order valence-electron chi connectivity index (χ1n) is 7.42. The number of aromatic nitrogens is 2. The molecule has 126 valence electrons. The number of hydrogen-bond acceptors (Lipinski definition) is 4. The first-order chi connectivity index (χ1) is 12.1. The molecule has 1 heterocycles. The topological polar surface area (TPSA) is 76.5 Å². The number of rotatable bonds is 5. The molecule has 3 aromatic rings. The molecule has 0 unspecified atom stereocenters. The minimum atomic E-state index is -0.629. The molecular formula is C18H14ClN3O3. The van der Waals surface area contributed by atoms with E-state index >= 15 is 0 Å². The molecule has 0 aliphatic rings. The van der Waals surface area contributed by atoms with Crippen molar-refractivity contribution in [3.63, 3.8) is 0 Å². The van der Waals surface area contributed by atoms with Crippen molar-refractivity contribution < 1.29 is 4.74 Å². The predicted octanol–water partition coefficient (Wildman–Crippen LogP) is 2.79. The predicted molar refractivity (Wildman–Crippen MR) is 99.0 cm³/mol. The molecule has 0 fully saturated rings. The monoisotopic (exact) mass is 355 g/mol. The van der Waals surface area contributed by atoms with E-state index < -0.39 is 11.2 Å². The van der Waals surface area contributed by atoms with Crippen LogP contribution in [-0.4, -0.2) is 22.5 Å². The highest BCUT2D eigenvalue weighted by Crippen LogP contribution is 2.21. The van der Waals surface area contributed by atoms with E-state index in [4.69, 9.17) is 16.3 Å². The number of ether oxygens (including phenoxy) is 1. The Morgan fingerprint density at radius 1 is 1.24 bits per heavy atom. The van der Waals surface area contributed by atoms with Gasteiger partial charge in [0, 0.05) is 10.6 Å². The fourth-order valence-electron chi connectivity index (χ4n) is 2.28. The summed E-state index contributed by atoms with van der Waals surface area (Å²) in [5.74, 6) is 0.512. The van der Waals surface area contributed by atoms with Crippen LogP contribution >= 0.6 is 11.6 Å². The highest BCUT2D eigenvalue weighted by molar-refractivity contribution is 6.30. The van der Waals surface area contributed by atoms with Gasteiger partial charge in [-0.3, -0.25) is 4.79 Å². The maximum absolute atomic E-state index is 12.5. The van der Waals surface area contributed by atoms with E-state index in [0.29, 0.717) is 33.8 Å². The number of nitrogens with zero attached hydrogens (tertiary/aromatic N) is 2. The zero-order valence-corrected chi connectivity index (χ0v) is 13.9. The highest BCUT2D eigenvalue weighted by atomic mass is 35.5. The molecule has 0 amide bonds. The van der Waals surface area contributed by atoms with Crippen LogP contribution < -0.4 is 16.0 Å². The zero-order valence-electron chi connectivity index (χ0n) is 13.1. The third kappa shape index (κ3) is 3.54. The summed E-state index contributed by atoms with van der Waals surface area (Å²) in [6, 6.07) is 11.7. The Bertz CT molecular complexity index is 1080. The van der Waals surface area contributed by atoms with Gasteiger partial charge < -0.3 is 9.72 Å². The number of fused-ring (bicyclic) bond motifs is 1. The Balaban J connectivity index is 2.07. The molecule has 3 rings (SSSR count). The van der Waals surface area contributed by atoms with Crippen molar-refractivity contribution in [1.82, 2.24) is 9.66 Å². The lowest BCUT2D eigenvalue weighted by Gasteiger charge is -2.07. The van der Waals surface area contributed by atoms with Crippen LogP contribution in [0.4, 0.5) is 0 Å². The van der Waals surface area contributed by atoms with Crippen LogP contribution in [0, 0.1) is 0 Å². The number of hydrogen-bond donors (Lipinski definition) is 1. The highest BCUT2D eigenvalue weighted by Gasteiger charge is 2.07. The summed E-state index contributed by atoms with van der Waals surface area (Å²) in [6.07, 6.45) is 2.96. The standard InChI is InChI=1S/C18H14ClN3O3/c1-2-9-25-16-8-7-13(19)10-12(16)11-20-22-17(23)14-5-3-4-6-15(14)21-18(22)24/h2-8,10-11H,1,9H2,(H,21,24). The third-order valence-electron chi connectivity index (χ3n) is 3.42. The molecule has 0 radical (unpaired) electrons. The van der Waals surface area contributed by atoms with E-state index in [2.05, 4.69) is 16.7 Å². The van der Waals surface area contributed by atoms with Gasteiger partial charge in [-0.2, -0.15) is 5.10 Å². The van der Waals surface area contributed by atoms with Gasteiger partial charge in [0.05, 0.1) is 17.1 Å². The van der Waals surface area contributed by atoms with Gasteiger partial charge in [-0.25, -0.2) is 4.79 Å². The van der Waals surface area contributed by atoms with E-state index in [9.17, 15) is 9.59 Å². The van der Waals surface area contributed by atoms with Crippen molar-refractivity contribution in [2.45, 2.75) is 0 Å². The SMILES string of the molecule is C=CCOc1ccc(Cl)cc1C=Nn1c(=O)[nH]c2ccccc2c1=O. The Morgan fingerprint density at radius 3 is 2.84 bits per heavy atom. The second-order valence-electron chi connectivity index (χ2n) is 5.12. The Labute approximate surface area is 147 Å². The summed E-state index contributed by atoms with van der Waals surface area (Å²) < 4.78 is 6.28. The first kappa shape index (κ1) is 16.7. The summed E-state index contributed by atoms with van der Waals surface area (Å²) in [5, 5.41) is 4.85. The average molecular weight is 356 g/mol. The van der Waals surface area contributed by atoms with Crippen LogP contribution in [0.1, 0.15) is 5.56 Å². The van der Waals surface area contributed by atoms with Crippen LogP contribution in [0.25, 0.3) is 10.9 Å². The number of nitrogens with one attached hydrogen (secondary N) is 1. The molecule has 1 aromatic heterocycles. The quantitative estimate of drug-likeness (QED) is 0.564. The van der Waals surface area contributed by atoms with E-state index in [0.717, 1.165) is 4.68 Å². The molecule has 0 atom stereocenters. The molecule has 0 saturated carbocycles. The van der Waals surface area contributed by atoms with Crippen molar-refractivity contribution >= 4 is 28.7 Å². The maximum Gasteiger partial charge on any atom is 0.349 e. The number of benzene rings is 2. The molecular weight excluding hydrogens is 342 g/mol. The van der Waals surface area contributed by atoms with E-state index in [1.54, 1.807) is 48.5 Å². The smallest absolute Gasteiger partial charge is 0.349 e. The molecule has 0 bridgehead atoms. The number of para-hydroxylation sites is 1. The Hall–Kier alpha value is -3.12. The zero-order chi connectivity index (χ0) is 17.8. The van der Waals surface area contributed by atoms with Gasteiger partial charge in [-0.15, -0.1) is 4.68 Å². The lowest BCUT2D eigenvalue weighted by atomic mass is 10.2. The Morgan fingerprint density at radius 2 is 2.04 bits per heavy atom. The molecule has 0 aliphatic heterocycles. The normalized spacial score (nSPS) is 11.1. The minimum absolute atomic E-state index is 0.305. The Kier molecular flexibility index (Phi) is 4.81. The molecule has 7 heteroatoms. The number of aromatic amines is 1. The van der Waals surface area contributed by atoms with Crippen molar-refractivity contribution in [3.05, 3.63) is 86.5 Å². The fourth-order valence-corrected chi connectivity index (χ4v) is 2.46. The molecule has 6 nitrogen and oxygen atoms in total. The largest absolute Gasteiger partial charge is 0.489 e. The molecule has 25 heavy (non-hydrogen) atoms. The summed E-state index contributed by atoms with van der Waals surface area (Å²) >= 11 is 6.00. The van der Waals surface area contributed by atoms with Gasteiger partial charge in [0.25, 0.3) is 5.56 Å². The van der Waals surface area contributed by atoms with E-state index in [-0.39, 0.29) is 0 Å². The van der Waals surface area contributed by atoms with E-state index in [1.807, 2.05) is 0 Å². The third-order valence-corrected chi connectivity index (χ3v) is 3.66. The maximum atomic E-state index is 12.5.